The van der Waals surface area contributed by atoms with E-state index in [1.54, 1.807) is 5.57 Å². The summed E-state index contributed by atoms with van der Waals surface area (Å²) in [6.07, 6.45) is 16.3. The largest absolute Gasteiger partial charge is 0.0848 e. The highest BCUT2D eigenvalue weighted by molar-refractivity contribution is 5.15. The van der Waals surface area contributed by atoms with Crippen LogP contribution in [0, 0.1) is 11.8 Å². The van der Waals surface area contributed by atoms with Crippen molar-refractivity contribution < 1.29 is 0 Å². The van der Waals surface area contributed by atoms with Crippen LogP contribution >= 0.6 is 0 Å². The second kappa shape index (κ2) is 9.87. The van der Waals surface area contributed by atoms with Crippen LogP contribution in [0.1, 0.15) is 77.2 Å². The van der Waals surface area contributed by atoms with Gasteiger partial charge in [-0.2, -0.15) is 0 Å². The summed E-state index contributed by atoms with van der Waals surface area (Å²) in [6, 6.07) is 10.9. The molecule has 0 bridgehead atoms. The van der Waals surface area contributed by atoms with Crippen molar-refractivity contribution in [2.75, 3.05) is 0 Å². The molecule has 122 valence electrons. The summed E-state index contributed by atoms with van der Waals surface area (Å²) in [5, 5.41) is 0. The molecule has 0 aromatic heterocycles. The maximum absolute atomic E-state index is 2.59. The molecule has 1 aromatic carbocycles. The summed E-state index contributed by atoms with van der Waals surface area (Å²) in [4.78, 5) is 0. The van der Waals surface area contributed by atoms with Crippen LogP contribution in [-0.2, 0) is 6.42 Å². The van der Waals surface area contributed by atoms with Crippen molar-refractivity contribution in [2.45, 2.75) is 78.1 Å². The van der Waals surface area contributed by atoms with Crippen molar-refractivity contribution in [1.29, 1.82) is 0 Å². The van der Waals surface area contributed by atoms with Crippen LogP contribution in [0.15, 0.2) is 42.0 Å². The topological polar surface area (TPSA) is 0 Å². The number of hydrogen-bond donors (Lipinski definition) is 0. The zero-order valence-electron chi connectivity index (χ0n) is 14.7. The SMILES string of the molecule is CCCCCC1CC=C(C(C)CCCc2ccccc2)CC1. The number of allylic oxidation sites excluding steroid dienone is 2. The van der Waals surface area contributed by atoms with Gasteiger partial charge in [0.1, 0.15) is 0 Å². The van der Waals surface area contributed by atoms with Gasteiger partial charge in [0, 0.05) is 0 Å². The highest BCUT2D eigenvalue weighted by Gasteiger charge is 2.17. The number of benzene rings is 1. The lowest BCUT2D eigenvalue weighted by molar-refractivity contribution is 0.399. The minimum absolute atomic E-state index is 0.792. The van der Waals surface area contributed by atoms with E-state index in [2.05, 4.69) is 50.3 Å². The molecular weight excluding hydrogens is 264 g/mol. The normalized spacial score (nSPS) is 19.7. The Morgan fingerprint density at radius 3 is 2.59 bits per heavy atom. The van der Waals surface area contributed by atoms with Gasteiger partial charge < -0.3 is 0 Å². The molecule has 0 nitrogen and oxygen atoms in total. The van der Waals surface area contributed by atoms with Gasteiger partial charge in [-0.1, -0.05) is 81.5 Å². The van der Waals surface area contributed by atoms with E-state index in [4.69, 9.17) is 0 Å². The van der Waals surface area contributed by atoms with Gasteiger partial charge in [0.2, 0.25) is 0 Å². The quantitative estimate of drug-likeness (QED) is 0.342. The molecule has 22 heavy (non-hydrogen) atoms. The summed E-state index contributed by atoms with van der Waals surface area (Å²) < 4.78 is 0. The van der Waals surface area contributed by atoms with Crippen molar-refractivity contribution in [3.8, 4) is 0 Å². The van der Waals surface area contributed by atoms with Crippen LogP contribution < -0.4 is 0 Å². The van der Waals surface area contributed by atoms with E-state index < -0.39 is 0 Å². The molecule has 0 radical (unpaired) electrons. The first kappa shape index (κ1) is 17.3. The Kier molecular flexibility index (Phi) is 7.77. The van der Waals surface area contributed by atoms with Crippen LogP contribution in [0.25, 0.3) is 0 Å². The fourth-order valence-corrected chi connectivity index (χ4v) is 3.74. The van der Waals surface area contributed by atoms with E-state index in [0.29, 0.717) is 0 Å². The van der Waals surface area contributed by atoms with E-state index in [-0.39, 0.29) is 0 Å². The second-order valence-corrected chi connectivity index (χ2v) is 7.19. The number of hydrogen-bond acceptors (Lipinski definition) is 0. The Bertz CT molecular complexity index is 429. The lowest BCUT2D eigenvalue weighted by atomic mass is 9.81. The van der Waals surface area contributed by atoms with Crippen LogP contribution in [-0.4, -0.2) is 0 Å². The van der Waals surface area contributed by atoms with Gasteiger partial charge in [0.05, 0.1) is 0 Å². The summed E-state index contributed by atoms with van der Waals surface area (Å²) in [7, 11) is 0. The monoisotopic (exact) mass is 298 g/mol. The fourth-order valence-electron chi connectivity index (χ4n) is 3.74. The standard InChI is InChI=1S/C22H34/c1-3-4-6-11-21-15-17-22(18-16-21)19(2)10-9-14-20-12-7-5-8-13-20/h5,7-8,12-13,17,19,21H,3-4,6,9-11,14-16,18H2,1-2H3. The average molecular weight is 299 g/mol. The molecule has 0 N–H and O–H groups in total. The first-order chi connectivity index (χ1) is 10.8. The Morgan fingerprint density at radius 2 is 1.91 bits per heavy atom. The molecule has 0 amide bonds. The lowest BCUT2D eigenvalue weighted by Crippen LogP contribution is -2.10. The molecule has 2 atom stereocenters. The first-order valence-electron chi connectivity index (χ1n) is 9.52. The molecule has 0 aliphatic heterocycles. The van der Waals surface area contributed by atoms with E-state index in [0.717, 1.165) is 11.8 Å². The van der Waals surface area contributed by atoms with Crippen LogP contribution in [0.2, 0.25) is 0 Å². The molecular formula is C22H34. The molecule has 0 saturated carbocycles. The van der Waals surface area contributed by atoms with E-state index in [1.165, 1.54) is 69.8 Å². The van der Waals surface area contributed by atoms with E-state index >= 15 is 0 Å². The third-order valence-electron chi connectivity index (χ3n) is 5.35. The van der Waals surface area contributed by atoms with Gasteiger partial charge >= 0.3 is 0 Å². The molecule has 0 heteroatoms. The van der Waals surface area contributed by atoms with Crippen LogP contribution in [0.5, 0.6) is 0 Å². The first-order valence-corrected chi connectivity index (χ1v) is 9.52. The molecule has 0 saturated heterocycles. The minimum Gasteiger partial charge on any atom is -0.0848 e. The lowest BCUT2D eigenvalue weighted by Gasteiger charge is -2.25. The van der Waals surface area contributed by atoms with Gasteiger partial charge in [-0.15, -0.1) is 0 Å². The Morgan fingerprint density at radius 1 is 1.09 bits per heavy atom. The van der Waals surface area contributed by atoms with Gasteiger partial charge in [0.15, 0.2) is 0 Å². The molecule has 0 spiro atoms. The van der Waals surface area contributed by atoms with Gasteiger partial charge in [0.25, 0.3) is 0 Å². The molecule has 1 aliphatic rings. The maximum Gasteiger partial charge on any atom is -0.0232 e. The number of unbranched alkanes of at least 4 members (excludes halogenated alkanes) is 2. The van der Waals surface area contributed by atoms with Crippen LogP contribution in [0.3, 0.4) is 0 Å². The molecule has 1 aromatic rings. The van der Waals surface area contributed by atoms with E-state index in [1.807, 2.05) is 0 Å². The third kappa shape index (κ3) is 5.99. The van der Waals surface area contributed by atoms with Crippen molar-refractivity contribution in [3.05, 3.63) is 47.5 Å². The van der Waals surface area contributed by atoms with Gasteiger partial charge in [-0.25, -0.2) is 0 Å². The Hall–Kier alpha value is -1.04. The van der Waals surface area contributed by atoms with E-state index in [9.17, 15) is 0 Å². The molecule has 2 rings (SSSR count). The van der Waals surface area contributed by atoms with Crippen LogP contribution in [0.4, 0.5) is 0 Å². The van der Waals surface area contributed by atoms with Crippen molar-refractivity contribution >= 4 is 0 Å². The summed E-state index contributed by atoms with van der Waals surface area (Å²) in [6.45, 7) is 4.74. The zero-order chi connectivity index (χ0) is 15.6. The van der Waals surface area contributed by atoms with Gasteiger partial charge in [-0.3, -0.25) is 0 Å². The average Bonchev–Trinajstić information content (AvgIpc) is 2.56. The molecule has 2 unspecified atom stereocenters. The Labute approximate surface area is 138 Å². The Balaban J connectivity index is 1.66. The number of rotatable bonds is 9. The maximum atomic E-state index is 2.59. The summed E-state index contributed by atoms with van der Waals surface area (Å²) in [5.41, 5.74) is 3.24. The number of aryl methyl sites for hydroxylation is 1. The predicted octanol–water partition coefficient (Wildman–Crippen LogP) is 6.95. The minimum atomic E-state index is 0.792. The molecule has 1 aliphatic carbocycles. The molecule has 0 heterocycles. The van der Waals surface area contributed by atoms with Crippen molar-refractivity contribution in [3.63, 3.8) is 0 Å². The van der Waals surface area contributed by atoms with Crippen molar-refractivity contribution in [1.82, 2.24) is 0 Å². The van der Waals surface area contributed by atoms with Gasteiger partial charge in [-0.05, 0) is 55.9 Å². The fraction of sp³-hybridized carbons (Fsp3) is 0.636. The highest BCUT2D eigenvalue weighted by atomic mass is 14.2. The smallest absolute Gasteiger partial charge is 0.0232 e. The summed E-state index contributed by atoms with van der Waals surface area (Å²) >= 11 is 0. The third-order valence-corrected chi connectivity index (χ3v) is 5.35. The predicted molar refractivity (Wildman–Crippen MR) is 98.1 cm³/mol. The van der Waals surface area contributed by atoms with Crippen molar-refractivity contribution in [2.24, 2.45) is 11.8 Å². The highest BCUT2D eigenvalue weighted by Crippen LogP contribution is 2.32. The summed E-state index contributed by atoms with van der Waals surface area (Å²) in [5.74, 6) is 1.77. The zero-order valence-corrected chi connectivity index (χ0v) is 14.7. The molecule has 0 fully saturated rings. The second-order valence-electron chi connectivity index (χ2n) is 7.19.